The van der Waals surface area contributed by atoms with E-state index in [0.717, 1.165) is 5.56 Å². The summed E-state index contributed by atoms with van der Waals surface area (Å²) in [6, 6.07) is 6.08. The SMILES string of the molecule is CCOC(=O)C1=C(C)NC(=O)N[C@@H]1c1cccc(Cl)c1. The highest BCUT2D eigenvalue weighted by molar-refractivity contribution is 6.30. The van der Waals surface area contributed by atoms with Crippen LogP contribution in [0.25, 0.3) is 0 Å². The summed E-state index contributed by atoms with van der Waals surface area (Å²) in [5.74, 6) is -0.456. The molecule has 1 aliphatic rings. The van der Waals surface area contributed by atoms with E-state index in [-0.39, 0.29) is 12.6 Å². The summed E-state index contributed by atoms with van der Waals surface area (Å²) in [4.78, 5) is 23.7. The van der Waals surface area contributed by atoms with Gasteiger partial charge in [0.15, 0.2) is 0 Å². The van der Waals surface area contributed by atoms with Crippen LogP contribution in [0.3, 0.4) is 0 Å². The van der Waals surface area contributed by atoms with Crippen LogP contribution >= 0.6 is 11.6 Å². The van der Waals surface area contributed by atoms with Crippen LogP contribution in [0.4, 0.5) is 4.79 Å². The number of nitrogens with one attached hydrogen (secondary N) is 2. The van der Waals surface area contributed by atoms with Crippen molar-refractivity contribution >= 4 is 23.6 Å². The summed E-state index contributed by atoms with van der Waals surface area (Å²) in [5.41, 5.74) is 1.60. The molecule has 1 aliphatic heterocycles. The summed E-state index contributed by atoms with van der Waals surface area (Å²) in [5, 5.41) is 5.83. The van der Waals surface area contributed by atoms with E-state index in [4.69, 9.17) is 16.3 Å². The molecule has 0 aliphatic carbocycles. The minimum Gasteiger partial charge on any atom is -0.463 e. The number of carbonyl (C=O) groups excluding carboxylic acids is 2. The van der Waals surface area contributed by atoms with E-state index in [1.54, 1.807) is 38.1 Å². The van der Waals surface area contributed by atoms with Crippen molar-refractivity contribution in [2.45, 2.75) is 19.9 Å². The summed E-state index contributed by atoms with van der Waals surface area (Å²) < 4.78 is 5.05. The Bertz CT molecular complexity index is 584. The van der Waals surface area contributed by atoms with Crippen LogP contribution in [0.15, 0.2) is 35.5 Å². The molecule has 0 unspecified atom stereocenters. The van der Waals surface area contributed by atoms with E-state index in [2.05, 4.69) is 10.6 Å². The molecule has 0 aromatic heterocycles. The lowest BCUT2D eigenvalue weighted by molar-refractivity contribution is -0.139. The molecule has 6 heteroatoms. The van der Waals surface area contributed by atoms with Crippen LogP contribution in [0.1, 0.15) is 25.5 Å². The lowest BCUT2D eigenvalue weighted by atomic mass is 9.96. The Morgan fingerprint density at radius 2 is 2.20 bits per heavy atom. The van der Waals surface area contributed by atoms with Crippen LogP contribution in [-0.4, -0.2) is 18.6 Å². The lowest BCUT2D eigenvalue weighted by Crippen LogP contribution is -2.45. The Kier molecular flexibility index (Phi) is 4.29. The van der Waals surface area contributed by atoms with Gasteiger partial charge in [-0.1, -0.05) is 23.7 Å². The number of hydrogen-bond donors (Lipinski definition) is 2. The molecule has 1 atom stereocenters. The van der Waals surface area contributed by atoms with E-state index >= 15 is 0 Å². The second-order valence-corrected chi connectivity index (χ2v) is 4.78. The number of halogens is 1. The predicted octanol–water partition coefficient (Wildman–Crippen LogP) is 2.53. The van der Waals surface area contributed by atoms with Crippen LogP contribution in [-0.2, 0) is 9.53 Å². The summed E-state index contributed by atoms with van der Waals surface area (Å²) in [7, 11) is 0. The van der Waals surface area contributed by atoms with Gasteiger partial charge >= 0.3 is 12.0 Å². The zero-order valence-electron chi connectivity index (χ0n) is 11.2. The Morgan fingerprint density at radius 1 is 1.45 bits per heavy atom. The smallest absolute Gasteiger partial charge is 0.338 e. The van der Waals surface area contributed by atoms with Gasteiger partial charge in [-0.2, -0.15) is 0 Å². The third-order valence-corrected chi connectivity index (χ3v) is 3.18. The molecule has 1 aromatic carbocycles. The highest BCUT2D eigenvalue weighted by Crippen LogP contribution is 2.28. The normalized spacial score (nSPS) is 18.4. The van der Waals surface area contributed by atoms with E-state index in [0.29, 0.717) is 16.3 Å². The molecule has 2 rings (SSSR count). The van der Waals surface area contributed by atoms with Gasteiger partial charge in [0.05, 0.1) is 18.2 Å². The fraction of sp³-hybridized carbons (Fsp3) is 0.286. The second-order valence-electron chi connectivity index (χ2n) is 4.35. The number of rotatable bonds is 3. The van der Waals surface area contributed by atoms with Crippen molar-refractivity contribution in [3.63, 3.8) is 0 Å². The van der Waals surface area contributed by atoms with Gasteiger partial charge in [0, 0.05) is 10.7 Å². The van der Waals surface area contributed by atoms with Crippen molar-refractivity contribution in [3.8, 4) is 0 Å². The predicted molar refractivity (Wildman–Crippen MR) is 75.2 cm³/mol. The van der Waals surface area contributed by atoms with Crippen molar-refractivity contribution in [1.29, 1.82) is 0 Å². The van der Waals surface area contributed by atoms with Gasteiger partial charge in [-0.05, 0) is 31.5 Å². The maximum atomic E-state index is 12.1. The van der Waals surface area contributed by atoms with Gasteiger partial charge in [0.2, 0.25) is 0 Å². The highest BCUT2D eigenvalue weighted by Gasteiger charge is 2.32. The van der Waals surface area contributed by atoms with E-state index in [1.165, 1.54) is 0 Å². The van der Waals surface area contributed by atoms with Crippen molar-refractivity contribution in [2.24, 2.45) is 0 Å². The number of ether oxygens (including phenoxy) is 1. The summed E-state index contributed by atoms with van der Waals surface area (Å²) in [6.45, 7) is 3.67. The number of allylic oxidation sites excluding steroid dienone is 1. The third-order valence-electron chi connectivity index (χ3n) is 2.95. The van der Waals surface area contributed by atoms with Crippen LogP contribution < -0.4 is 10.6 Å². The Balaban J connectivity index is 2.44. The van der Waals surface area contributed by atoms with E-state index in [9.17, 15) is 9.59 Å². The molecule has 0 bridgehead atoms. The van der Waals surface area contributed by atoms with Crippen LogP contribution in [0.5, 0.6) is 0 Å². The minimum absolute atomic E-state index is 0.270. The average Bonchev–Trinajstić information content (AvgIpc) is 2.37. The van der Waals surface area contributed by atoms with Crippen LogP contribution in [0, 0.1) is 0 Å². The highest BCUT2D eigenvalue weighted by atomic mass is 35.5. The third kappa shape index (κ3) is 2.93. The Hall–Kier alpha value is -2.01. The molecule has 20 heavy (non-hydrogen) atoms. The van der Waals surface area contributed by atoms with Crippen molar-refractivity contribution < 1.29 is 14.3 Å². The largest absolute Gasteiger partial charge is 0.463 e. The quantitative estimate of drug-likeness (QED) is 0.842. The Labute approximate surface area is 121 Å². The zero-order valence-corrected chi connectivity index (χ0v) is 12.0. The first-order valence-corrected chi connectivity index (χ1v) is 6.61. The second kappa shape index (κ2) is 5.96. The molecule has 1 heterocycles. The average molecular weight is 295 g/mol. The lowest BCUT2D eigenvalue weighted by Gasteiger charge is -2.28. The molecular formula is C14H15ClN2O3. The molecule has 2 N–H and O–H groups in total. The van der Waals surface area contributed by atoms with E-state index < -0.39 is 12.0 Å². The topological polar surface area (TPSA) is 67.4 Å². The first-order chi connectivity index (χ1) is 9.52. The molecular weight excluding hydrogens is 280 g/mol. The van der Waals surface area contributed by atoms with Gasteiger partial charge in [0.1, 0.15) is 0 Å². The first-order valence-electron chi connectivity index (χ1n) is 6.23. The molecule has 0 saturated carbocycles. The molecule has 0 saturated heterocycles. The van der Waals surface area contributed by atoms with Gasteiger partial charge in [0.25, 0.3) is 0 Å². The first kappa shape index (κ1) is 14.4. The molecule has 0 spiro atoms. The molecule has 106 valence electrons. The zero-order chi connectivity index (χ0) is 14.7. The monoisotopic (exact) mass is 294 g/mol. The summed E-state index contributed by atoms with van der Waals surface area (Å²) >= 11 is 5.96. The number of amides is 2. The fourth-order valence-corrected chi connectivity index (χ4v) is 2.31. The van der Waals surface area contributed by atoms with Gasteiger partial charge < -0.3 is 15.4 Å². The van der Waals surface area contributed by atoms with E-state index in [1.807, 2.05) is 0 Å². The molecule has 1 aromatic rings. The van der Waals surface area contributed by atoms with Crippen LogP contribution in [0.2, 0.25) is 5.02 Å². The molecule has 5 nitrogen and oxygen atoms in total. The number of esters is 1. The number of urea groups is 1. The number of benzene rings is 1. The maximum absolute atomic E-state index is 12.1. The van der Waals surface area contributed by atoms with Gasteiger partial charge in [-0.3, -0.25) is 0 Å². The number of carbonyl (C=O) groups is 2. The maximum Gasteiger partial charge on any atom is 0.338 e. The van der Waals surface area contributed by atoms with Gasteiger partial charge in [-0.15, -0.1) is 0 Å². The van der Waals surface area contributed by atoms with Crippen molar-refractivity contribution in [2.75, 3.05) is 6.61 Å². The van der Waals surface area contributed by atoms with Crippen molar-refractivity contribution in [1.82, 2.24) is 10.6 Å². The Morgan fingerprint density at radius 3 is 2.85 bits per heavy atom. The molecule has 0 fully saturated rings. The molecule has 0 radical (unpaired) electrons. The minimum atomic E-state index is -0.568. The molecule has 2 amide bonds. The standard InChI is InChI=1S/C14H15ClN2O3/c1-3-20-13(18)11-8(2)16-14(19)17-12(11)9-5-4-6-10(15)7-9/h4-7,12H,3H2,1-2H3,(H2,16,17,19)/t12-/m1/s1. The number of hydrogen-bond acceptors (Lipinski definition) is 3. The summed E-state index contributed by atoms with van der Waals surface area (Å²) in [6.07, 6.45) is 0. The van der Waals surface area contributed by atoms with Gasteiger partial charge in [-0.25, -0.2) is 9.59 Å². The van der Waals surface area contributed by atoms with Crippen molar-refractivity contribution in [3.05, 3.63) is 46.1 Å². The fourth-order valence-electron chi connectivity index (χ4n) is 2.11.